The minimum absolute atomic E-state index is 0.752. The Morgan fingerprint density at radius 3 is 2.95 bits per heavy atom. The summed E-state index contributed by atoms with van der Waals surface area (Å²) in [4.78, 5) is 9.22. The van der Waals surface area contributed by atoms with Crippen molar-refractivity contribution >= 4 is 17.1 Å². The Morgan fingerprint density at radius 1 is 1.21 bits per heavy atom. The van der Waals surface area contributed by atoms with E-state index in [1.165, 1.54) is 0 Å². The van der Waals surface area contributed by atoms with Crippen molar-refractivity contribution in [1.29, 1.82) is 0 Å². The summed E-state index contributed by atoms with van der Waals surface area (Å²) in [6.07, 6.45) is 3.10. The number of para-hydroxylation sites is 2. The van der Waals surface area contributed by atoms with Crippen molar-refractivity contribution in [3.8, 4) is 0 Å². The summed E-state index contributed by atoms with van der Waals surface area (Å²) in [5, 5.41) is 0. The molecule has 1 aromatic heterocycles. The fourth-order valence-corrected chi connectivity index (χ4v) is 2.52. The molecule has 2 heterocycles. The molecule has 0 unspecified atom stereocenters. The van der Waals surface area contributed by atoms with Crippen molar-refractivity contribution in [2.75, 3.05) is 37.6 Å². The quantitative estimate of drug-likeness (QED) is 0.791. The number of hydrogen-bond donors (Lipinski definition) is 0. The second-order valence-corrected chi connectivity index (χ2v) is 4.89. The van der Waals surface area contributed by atoms with Crippen LogP contribution in [0.25, 0.3) is 11.1 Å². The van der Waals surface area contributed by atoms with Gasteiger partial charge < -0.3 is 9.32 Å². The third-order valence-electron chi connectivity index (χ3n) is 3.53. The Morgan fingerprint density at radius 2 is 2.11 bits per heavy atom. The molecule has 1 fully saturated rings. The molecule has 2 aromatic rings. The number of rotatable bonds is 3. The van der Waals surface area contributed by atoms with E-state index in [0.717, 1.165) is 56.3 Å². The lowest BCUT2D eigenvalue weighted by Crippen LogP contribution is -2.30. The lowest BCUT2D eigenvalue weighted by atomic mass is 10.3. The summed E-state index contributed by atoms with van der Waals surface area (Å²) in [6, 6.07) is 8.67. The van der Waals surface area contributed by atoms with Gasteiger partial charge in [-0.25, -0.2) is 0 Å². The zero-order chi connectivity index (χ0) is 13.1. The van der Waals surface area contributed by atoms with Crippen LogP contribution in [0.15, 0.2) is 41.3 Å². The molecule has 0 radical (unpaired) electrons. The molecule has 0 aliphatic carbocycles. The summed E-state index contributed by atoms with van der Waals surface area (Å²) in [5.74, 6) is 0. The minimum atomic E-state index is 0.752. The predicted molar refractivity (Wildman–Crippen MR) is 77.5 cm³/mol. The molecule has 1 aromatic carbocycles. The average molecular weight is 257 g/mol. The maximum absolute atomic E-state index is 5.83. The van der Waals surface area contributed by atoms with Crippen LogP contribution in [0.2, 0.25) is 0 Å². The molecular formula is C15H19N3O. The van der Waals surface area contributed by atoms with E-state index in [1.54, 1.807) is 0 Å². The van der Waals surface area contributed by atoms with E-state index < -0.39 is 0 Å². The topological polar surface area (TPSA) is 32.5 Å². The highest BCUT2D eigenvalue weighted by molar-refractivity contribution is 5.74. The normalized spacial score (nSPS) is 17.6. The van der Waals surface area contributed by atoms with Gasteiger partial charge in [0.15, 0.2) is 5.58 Å². The van der Waals surface area contributed by atoms with Gasteiger partial charge in [0.1, 0.15) is 5.52 Å². The Labute approximate surface area is 113 Å². The number of hydrogen-bond acceptors (Lipinski definition) is 4. The maximum Gasteiger partial charge on any atom is 0.298 e. The molecule has 0 N–H and O–H groups in total. The number of aromatic nitrogens is 1. The van der Waals surface area contributed by atoms with Gasteiger partial charge in [-0.15, -0.1) is 6.58 Å². The summed E-state index contributed by atoms with van der Waals surface area (Å²) >= 11 is 0. The summed E-state index contributed by atoms with van der Waals surface area (Å²) in [6.45, 7) is 8.87. The fraction of sp³-hybridized carbons (Fsp3) is 0.400. The second-order valence-electron chi connectivity index (χ2n) is 4.89. The van der Waals surface area contributed by atoms with E-state index in [9.17, 15) is 0 Å². The van der Waals surface area contributed by atoms with Crippen LogP contribution in [0.5, 0.6) is 0 Å². The zero-order valence-electron chi connectivity index (χ0n) is 11.1. The highest BCUT2D eigenvalue weighted by atomic mass is 16.4. The van der Waals surface area contributed by atoms with Crippen LogP contribution >= 0.6 is 0 Å². The molecule has 19 heavy (non-hydrogen) atoms. The summed E-state index contributed by atoms with van der Waals surface area (Å²) in [7, 11) is 0. The lowest BCUT2D eigenvalue weighted by molar-refractivity contribution is 0.325. The van der Waals surface area contributed by atoms with Gasteiger partial charge in [0.25, 0.3) is 6.01 Å². The van der Waals surface area contributed by atoms with Crippen LogP contribution in [0, 0.1) is 0 Å². The van der Waals surface area contributed by atoms with Gasteiger partial charge in [-0.2, -0.15) is 4.98 Å². The van der Waals surface area contributed by atoms with Crippen LogP contribution in [0.3, 0.4) is 0 Å². The van der Waals surface area contributed by atoms with E-state index in [1.807, 2.05) is 30.3 Å². The number of anilines is 1. The van der Waals surface area contributed by atoms with E-state index in [-0.39, 0.29) is 0 Å². The Balaban J connectivity index is 1.76. The first kappa shape index (κ1) is 12.2. The molecule has 0 atom stereocenters. The zero-order valence-corrected chi connectivity index (χ0v) is 11.1. The van der Waals surface area contributed by atoms with Crippen molar-refractivity contribution in [3.05, 3.63) is 36.9 Å². The van der Waals surface area contributed by atoms with Gasteiger partial charge in [-0.05, 0) is 18.6 Å². The van der Waals surface area contributed by atoms with Gasteiger partial charge in [0, 0.05) is 32.7 Å². The monoisotopic (exact) mass is 257 g/mol. The van der Waals surface area contributed by atoms with E-state index in [4.69, 9.17) is 4.42 Å². The van der Waals surface area contributed by atoms with Gasteiger partial charge in [-0.3, -0.25) is 4.90 Å². The number of benzene rings is 1. The van der Waals surface area contributed by atoms with Crippen LogP contribution in [-0.2, 0) is 0 Å². The standard InChI is InChI=1S/C15H19N3O/c1-2-8-17-9-5-10-18(12-11-17)15-16-13-6-3-4-7-14(13)19-15/h2-4,6-7H,1,5,8-12H2. The van der Waals surface area contributed by atoms with Gasteiger partial charge in [0.05, 0.1) is 0 Å². The van der Waals surface area contributed by atoms with Gasteiger partial charge in [-0.1, -0.05) is 18.2 Å². The summed E-state index contributed by atoms with van der Waals surface area (Å²) < 4.78 is 5.83. The van der Waals surface area contributed by atoms with Crippen LogP contribution < -0.4 is 4.90 Å². The molecule has 100 valence electrons. The molecule has 4 nitrogen and oxygen atoms in total. The molecule has 1 saturated heterocycles. The third kappa shape index (κ3) is 2.63. The number of fused-ring (bicyclic) bond motifs is 1. The first-order valence-corrected chi connectivity index (χ1v) is 6.80. The molecule has 4 heteroatoms. The first-order chi connectivity index (χ1) is 9.36. The van der Waals surface area contributed by atoms with E-state index in [2.05, 4.69) is 21.4 Å². The Kier molecular flexibility index (Phi) is 3.51. The van der Waals surface area contributed by atoms with E-state index in [0.29, 0.717) is 0 Å². The molecular weight excluding hydrogens is 238 g/mol. The molecule has 1 aliphatic heterocycles. The third-order valence-corrected chi connectivity index (χ3v) is 3.53. The molecule has 0 bridgehead atoms. The largest absolute Gasteiger partial charge is 0.423 e. The van der Waals surface area contributed by atoms with Crippen molar-refractivity contribution < 1.29 is 4.42 Å². The molecule has 0 spiro atoms. The smallest absolute Gasteiger partial charge is 0.298 e. The fourth-order valence-electron chi connectivity index (χ4n) is 2.52. The van der Waals surface area contributed by atoms with Crippen molar-refractivity contribution in [3.63, 3.8) is 0 Å². The highest BCUT2D eigenvalue weighted by Gasteiger charge is 2.18. The van der Waals surface area contributed by atoms with Crippen molar-refractivity contribution in [2.45, 2.75) is 6.42 Å². The number of oxazole rings is 1. The number of nitrogens with zero attached hydrogens (tertiary/aromatic N) is 3. The van der Waals surface area contributed by atoms with E-state index >= 15 is 0 Å². The SMILES string of the molecule is C=CCN1CCCN(c2nc3ccccc3o2)CC1. The lowest BCUT2D eigenvalue weighted by Gasteiger charge is -2.19. The molecule has 0 amide bonds. The average Bonchev–Trinajstić information content (AvgIpc) is 2.72. The van der Waals surface area contributed by atoms with Crippen LogP contribution in [0.1, 0.15) is 6.42 Å². The maximum atomic E-state index is 5.83. The van der Waals surface area contributed by atoms with Crippen LogP contribution in [0.4, 0.5) is 6.01 Å². The Hall–Kier alpha value is -1.81. The van der Waals surface area contributed by atoms with Gasteiger partial charge in [0.2, 0.25) is 0 Å². The minimum Gasteiger partial charge on any atom is -0.423 e. The van der Waals surface area contributed by atoms with Crippen molar-refractivity contribution in [1.82, 2.24) is 9.88 Å². The predicted octanol–water partition coefficient (Wildman–Crippen LogP) is 2.53. The highest BCUT2D eigenvalue weighted by Crippen LogP contribution is 2.22. The van der Waals surface area contributed by atoms with Crippen LogP contribution in [-0.4, -0.2) is 42.6 Å². The molecule has 0 saturated carbocycles. The second kappa shape index (κ2) is 5.45. The Bertz CT molecular complexity index is 530. The van der Waals surface area contributed by atoms with Crippen molar-refractivity contribution in [2.24, 2.45) is 0 Å². The first-order valence-electron chi connectivity index (χ1n) is 6.80. The molecule has 3 rings (SSSR count). The molecule has 1 aliphatic rings. The van der Waals surface area contributed by atoms with Gasteiger partial charge >= 0.3 is 0 Å². The summed E-state index contributed by atoms with van der Waals surface area (Å²) in [5.41, 5.74) is 1.80.